The maximum atomic E-state index is 13.1. The molecule has 1 amide bonds. The van der Waals surface area contributed by atoms with Gasteiger partial charge in [-0.3, -0.25) is 9.78 Å². The van der Waals surface area contributed by atoms with Gasteiger partial charge in [0.15, 0.2) is 17.3 Å². The second-order valence-corrected chi connectivity index (χ2v) is 4.00. The lowest BCUT2D eigenvalue weighted by molar-refractivity contribution is 0.102. The third-order valence-corrected chi connectivity index (χ3v) is 2.61. The summed E-state index contributed by atoms with van der Waals surface area (Å²) >= 11 is 0. The number of carbonyl (C=O) groups excluding carboxylic acids is 1. The molecule has 100 valence electrons. The van der Waals surface area contributed by atoms with Crippen molar-refractivity contribution in [2.75, 3.05) is 11.1 Å². The number of anilines is 2. The number of nitrogens with two attached hydrogens (primary N) is 1. The van der Waals surface area contributed by atoms with Gasteiger partial charge in [0.25, 0.3) is 5.91 Å². The molecule has 7 nitrogen and oxygen atoms in total. The van der Waals surface area contributed by atoms with Gasteiger partial charge in [-0.1, -0.05) is 0 Å². The van der Waals surface area contributed by atoms with Gasteiger partial charge in [-0.05, 0) is 12.1 Å². The van der Waals surface area contributed by atoms with Crippen LogP contribution in [0.5, 0.6) is 0 Å². The van der Waals surface area contributed by atoms with Crippen LogP contribution in [0.2, 0.25) is 0 Å². The van der Waals surface area contributed by atoms with Crippen molar-refractivity contribution in [3.05, 3.63) is 48.3 Å². The van der Waals surface area contributed by atoms with Gasteiger partial charge in [0.1, 0.15) is 5.56 Å². The summed E-state index contributed by atoms with van der Waals surface area (Å²) in [5.74, 6) is -1.08. The number of fused-ring (bicyclic) bond motifs is 1. The van der Waals surface area contributed by atoms with Crippen molar-refractivity contribution in [3.63, 3.8) is 0 Å². The van der Waals surface area contributed by atoms with E-state index in [4.69, 9.17) is 5.73 Å². The van der Waals surface area contributed by atoms with Crippen LogP contribution >= 0.6 is 0 Å². The van der Waals surface area contributed by atoms with E-state index < -0.39 is 11.7 Å². The number of amides is 1. The summed E-state index contributed by atoms with van der Waals surface area (Å²) in [6, 6.07) is 3.36. The zero-order chi connectivity index (χ0) is 14.1. The molecule has 8 heteroatoms. The Morgan fingerprint density at radius 3 is 3.00 bits per heavy atom. The molecule has 0 bridgehead atoms. The summed E-state index contributed by atoms with van der Waals surface area (Å²) in [7, 11) is 0. The summed E-state index contributed by atoms with van der Waals surface area (Å²) in [4.78, 5) is 19.9. The van der Waals surface area contributed by atoms with E-state index >= 15 is 0 Å². The molecule has 0 saturated heterocycles. The predicted octanol–water partition coefficient (Wildman–Crippen LogP) is 1.10. The third-order valence-electron chi connectivity index (χ3n) is 2.61. The molecule has 0 fully saturated rings. The van der Waals surface area contributed by atoms with Crippen molar-refractivity contribution in [1.82, 2.24) is 19.6 Å². The van der Waals surface area contributed by atoms with Gasteiger partial charge in [-0.15, -0.1) is 5.10 Å². The zero-order valence-electron chi connectivity index (χ0n) is 10.1. The molecule has 3 N–H and O–H groups in total. The number of hydrogen-bond donors (Lipinski definition) is 2. The van der Waals surface area contributed by atoms with Crippen molar-refractivity contribution < 1.29 is 9.18 Å². The third kappa shape index (κ3) is 2.03. The number of pyridine rings is 1. The van der Waals surface area contributed by atoms with E-state index in [2.05, 4.69) is 20.4 Å². The number of carbonyl (C=O) groups is 1. The molecule has 3 heterocycles. The van der Waals surface area contributed by atoms with Gasteiger partial charge in [0.2, 0.25) is 0 Å². The summed E-state index contributed by atoms with van der Waals surface area (Å²) < 4.78 is 14.2. The number of hydrogen-bond acceptors (Lipinski definition) is 5. The largest absolute Gasteiger partial charge is 0.381 e. The number of halogens is 1. The Morgan fingerprint density at radius 2 is 2.25 bits per heavy atom. The highest BCUT2D eigenvalue weighted by molar-refractivity contribution is 6.11. The minimum atomic E-state index is -0.570. The molecule has 3 aromatic heterocycles. The molecular weight excluding hydrogens is 263 g/mol. The van der Waals surface area contributed by atoms with E-state index in [0.717, 1.165) is 16.9 Å². The molecule has 3 aromatic rings. The highest BCUT2D eigenvalue weighted by Gasteiger charge is 2.19. The van der Waals surface area contributed by atoms with Crippen LogP contribution in [0.3, 0.4) is 0 Å². The Bertz CT molecular complexity index is 785. The molecule has 0 aromatic carbocycles. The Hall–Kier alpha value is -3.03. The quantitative estimate of drug-likeness (QED) is 0.727. The summed E-state index contributed by atoms with van der Waals surface area (Å²) in [6.45, 7) is 0. The topological polar surface area (TPSA) is 98.2 Å². The van der Waals surface area contributed by atoms with E-state index in [1.807, 2.05) is 0 Å². The standard InChI is InChI=1S/C12H9FN6O/c13-7-4-16-11-9(10(14)18-19(11)6-7)12(20)17-8-2-1-3-15-5-8/h1-6H,(H2,14,18)(H,17,20). The van der Waals surface area contributed by atoms with Crippen LogP contribution in [-0.2, 0) is 0 Å². The Balaban J connectivity index is 2.01. The van der Waals surface area contributed by atoms with Crippen molar-refractivity contribution in [2.24, 2.45) is 0 Å². The second kappa shape index (κ2) is 4.57. The highest BCUT2D eigenvalue weighted by atomic mass is 19.1. The van der Waals surface area contributed by atoms with Crippen LogP contribution in [0.1, 0.15) is 10.4 Å². The molecule has 0 aliphatic heterocycles. The normalized spacial score (nSPS) is 10.7. The molecule has 0 atom stereocenters. The number of nitrogen functional groups attached to an aromatic ring is 1. The molecule has 0 saturated carbocycles. The SMILES string of the molecule is Nc1nn2cc(F)cnc2c1C(=O)Nc1cccnc1. The molecular formula is C12H9FN6O. The minimum absolute atomic E-state index is 0.0236. The van der Waals surface area contributed by atoms with Crippen LogP contribution in [0.4, 0.5) is 15.9 Å². The van der Waals surface area contributed by atoms with Crippen molar-refractivity contribution in [1.29, 1.82) is 0 Å². The minimum Gasteiger partial charge on any atom is -0.381 e. The molecule has 0 aliphatic rings. The Labute approximate surface area is 112 Å². The van der Waals surface area contributed by atoms with Gasteiger partial charge in [-0.2, -0.15) is 0 Å². The Morgan fingerprint density at radius 1 is 1.40 bits per heavy atom. The monoisotopic (exact) mass is 272 g/mol. The van der Waals surface area contributed by atoms with Gasteiger partial charge in [-0.25, -0.2) is 13.9 Å². The van der Waals surface area contributed by atoms with Crippen molar-refractivity contribution in [3.8, 4) is 0 Å². The average Bonchev–Trinajstić information content (AvgIpc) is 2.74. The van der Waals surface area contributed by atoms with Gasteiger partial charge in [0, 0.05) is 6.20 Å². The first kappa shape index (κ1) is 12.0. The van der Waals surface area contributed by atoms with Crippen LogP contribution in [-0.4, -0.2) is 25.5 Å². The second-order valence-electron chi connectivity index (χ2n) is 4.00. The van der Waals surface area contributed by atoms with Crippen molar-refractivity contribution >= 4 is 23.1 Å². The number of nitrogens with zero attached hydrogens (tertiary/aromatic N) is 4. The van der Waals surface area contributed by atoms with E-state index in [-0.39, 0.29) is 17.0 Å². The van der Waals surface area contributed by atoms with E-state index in [1.165, 1.54) is 6.20 Å². The molecule has 0 unspecified atom stereocenters. The fraction of sp³-hybridized carbons (Fsp3) is 0. The lowest BCUT2D eigenvalue weighted by atomic mass is 10.2. The fourth-order valence-electron chi connectivity index (χ4n) is 1.78. The smallest absolute Gasteiger partial charge is 0.263 e. The van der Waals surface area contributed by atoms with Gasteiger partial charge < -0.3 is 11.1 Å². The Kier molecular flexibility index (Phi) is 2.75. The number of rotatable bonds is 2. The summed E-state index contributed by atoms with van der Waals surface area (Å²) in [5, 5.41) is 6.48. The summed E-state index contributed by atoms with van der Waals surface area (Å²) in [5.41, 5.74) is 6.48. The maximum Gasteiger partial charge on any atom is 0.263 e. The lowest BCUT2D eigenvalue weighted by Gasteiger charge is -2.03. The first-order valence-corrected chi connectivity index (χ1v) is 5.66. The van der Waals surface area contributed by atoms with Crippen LogP contribution in [0.25, 0.3) is 5.65 Å². The molecule has 20 heavy (non-hydrogen) atoms. The first-order valence-electron chi connectivity index (χ1n) is 5.66. The highest BCUT2D eigenvalue weighted by Crippen LogP contribution is 2.18. The fourth-order valence-corrected chi connectivity index (χ4v) is 1.78. The molecule has 0 spiro atoms. The van der Waals surface area contributed by atoms with Crippen LogP contribution in [0.15, 0.2) is 36.9 Å². The lowest BCUT2D eigenvalue weighted by Crippen LogP contribution is -2.13. The number of nitrogens with one attached hydrogen (secondary N) is 1. The van der Waals surface area contributed by atoms with E-state index in [1.54, 1.807) is 18.3 Å². The maximum absolute atomic E-state index is 13.1. The predicted molar refractivity (Wildman–Crippen MR) is 69.5 cm³/mol. The first-order chi connectivity index (χ1) is 9.65. The van der Waals surface area contributed by atoms with E-state index in [9.17, 15) is 9.18 Å². The molecule has 0 aliphatic carbocycles. The number of aromatic nitrogens is 4. The van der Waals surface area contributed by atoms with Crippen molar-refractivity contribution in [2.45, 2.75) is 0 Å². The van der Waals surface area contributed by atoms with Gasteiger partial charge >= 0.3 is 0 Å². The molecule has 0 radical (unpaired) electrons. The van der Waals surface area contributed by atoms with Crippen LogP contribution < -0.4 is 11.1 Å². The molecule has 3 rings (SSSR count). The summed E-state index contributed by atoms with van der Waals surface area (Å²) in [6.07, 6.45) is 5.17. The average molecular weight is 272 g/mol. The van der Waals surface area contributed by atoms with E-state index in [0.29, 0.717) is 5.69 Å². The van der Waals surface area contributed by atoms with Crippen LogP contribution in [0, 0.1) is 5.82 Å². The van der Waals surface area contributed by atoms with Gasteiger partial charge in [0.05, 0.1) is 24.3 Å². The zero-order valence-corrected chi connectivity index (χ0v) is 10.1.